The quantitative estimate of drug-likeness (QED) is 0.593. The van der Waals surface area contributed by atoms with E-state index in [1.165, 1.54) is 0 Å². The summed E-state index contributed by atoms with van der Waals surface area (Å²) in [7, 11) is 0. The van der Waals surface area contributed by atoms with Gasteiger partial charge in [-0.15, -0.1) is 0 Å². The normalized spacial score (nSPS) is 12.0. The predicted octanol–water partition coefficient (Wildman–Crippen LogP) is 2.61. The summed E-state index contributed by atoms with van der Waals surface area (Å²) < 4.78 is 2.87. The number of nitrogens with one attached hydrogen (secondary N) is 1. The second-order valence-electron chi connectivity index (χ2n) is 3.78. The first-order chi connectivity index (χ1) is 4.91. The molecule has 62 valence electrons. The van der Waals surface area contributed by atoms with Crippen molar-refractivity contribution in [1.82, 2.24) is 9.78 Å². The molecule has 2 nitrogen and oxygen atoms in total. The van der Waals surface area contributed by atoms with Gasteiger partial charge in [0.25, 0.3) is 0 Å². The summed E-state index contributed by atoms with van der Waals surface area (Å²) in [5.74, 6) is 0. The number of hydrogen-bond acceptors (Lipinski definition) is 1. The lowest BCUT2D eigenvalue weighted by atomic mass is 10.1. The van der Waals surface area contributed by atoms with E-state index in [0.29, 0.717) is 0 Å². The number of H-pyrrole nitrogens is 1. The zero-order chi connectivity index (χ0) is 8.65. The zero-order valence-electron chi connectivity index (χ0n) is 7.43. The van der Waals surface area contributed by atoms with Gasteiger partial charge in [0, 0.05) is 5.69 Å². The molecule has 1 rings (SSSR count). The SMILES string of the molecule is Cc1cc(=S)n(C(C)(C)C)[nH]1. The molecule has 1 heterocycles. The molecule has 0 aliphatic rings. The summed E-state index contributed by atoms with van der Waals surface area (Å²) in [5.41, 5.74) is 1.18. The maximum absolute atomic E-state index is 5.15. The Morgan fingerprint density at radius 1 is 1.45 bits per heavy atom. The molecular weight excluding hydrogens is 156 g/mol. The largest absolute Gasteiger partial charge is 0.301 e. The van der Waals surface area contributed by atoms with Gasteiger partial charge in [-0.25, -0.2) is 0 Å². The molecule has 0 spiro atoms. The van der Waals surface area contributed by atoms with Crippen LogP contribution in [-0.4, -0.2) is 9.78 Å². The van der Waals surface area contributed by atoms with Gasteiger partial charge in [-0.1, -0.05) is 12.2 Å². The molecule has 0 aliphatic carbocycles. The Balaban J connectivity index is 3.25. The van der Waals surface area contributed by atoms with Crippen LogP contribution in [-0.2, 0) is 5.54 Å². The van der Waals surface area contributed by atoms with Crippen LogP contribution in [0.2, 0.25) is 0 Å². The Hall–Kier alpha value is -0.570. The molecule has 0 atom stereocenters. The van der Waals surface area contributed by atoms with Gasteiger partial charge in [0.2, 0.25) is 0 Å². The van der Waals surface area contributed by atoms with Crippen molar-refractivity contribution >= 4 is 12.2 Å². The van der Waals surface area contributed by atoms with Gasteiger partial charge in [0.05, 0.1) is 5.54 Å². The van der Waals surface area contributed by atoms with Crippen LogP contribution in [0.25, 0.3) is 0 Å². The Bertz CT molecular complexity index is 301. The molecule has 0 saturated heterocycles. The smallest absolute Gasteiger partial charge is 0.122 e. The van der Waals surface area contributed by atoms with Crippen LogP contribution in [0.5, 0.6) is 0 Å². The van der Waals surface area contributed by atoms with E-state index in [0.717, 1.165) is 10.3 Å². The van der Waals surface area contributed by atoms with Crippen molar-refractivity contribution in [2.45, 2.75) is 33.2 Å². The second-order valence-corrected chi connectivity index (χ2v) is 4.20. The van der Waals surface area contributed by atoms with Gasteiger partial charge in [-0.3, -0.25) is 4.68 Å². The topological polar surface area (TPSA) is 20.7 Å². The first kappa shape index (κ1) is 8.53. The molecule has 0 fully saturated rings. The molecule has 0 saturated carbocycles. The molecule has 3 heteroatoms. The Labute approximate surface area is 72.2 Å². The Morgan fingerprint density at radius 3 is 2.18 bits per heavy atom. The van der Waals surface area contributed by atoms with E-state index in [9.17, 15) is 0 Å². The monoisotopic (exact) mass is 170 g/mol. The Kier molecular flexibility index (Phi) is 1.92. The predicted molar refractivity (Wildman–Crippen MR) is 49.3 cm³/mol. The van der Waals surface area contributed by atoms with Crippen LogP contribution in [0, 0.1) is 11.6 Å². The highest BCUT2D eigenvalue weighted by atomic mass is 32.1. The van der Waals surface area contributed by atoms with E-state index < -0.39 is 0 Å². The molecule has 1 N–H and O–H groups in total. The van der Waals surface area contributed by atoms with Gasteiger partial charge in [0.1, 0.15) is 4.64 Å². The lowest BCUT2D eigenvalue weighted by Gasteiger charge is -2.20. The molecule has 0 aromatic carbocycles. The highest BCUT2D eigenvalue weighted by Crippen LogP contribution is 2.13. The minimum atomic E-state index is 0.0609. The molecule has 0 bridgehead atoms. The van der Waals surface area contributed by atoms with Crippen molar-refractivity contribution < 1.29 is 0 Å². The summed E-state index contributed by atoms with van der Waals surface area (Å²) in [6.45, 7) is 8.38. The highest BCUT2D eigenvalue weighted by molar-refractivity contribution is 7.71. The van der Waals surface area contributed by atoms with Gasteiger partial charge in [-0.05, 0) is 33.8 Å². The Morgan fingerprint density at radius 2 is 2.00 bits per heavy atom. The van der Waals surface area contributed by atoms with E-state index in [2.05, 4.69) is 25.9 Å². The lowest BCUT2D eigenvalue weighted by molar-refractivity contribution is 0.350. The molecule has 11 heavy (non-hydrogen) atoms. The van der Waals surface area contributed by atoms with Crippen LogP contribution >= 0.6 is 12.2 Å². The van der Waals surface area contributed by atoms with Crippen molar-refractivity contribution in [2.24, 2.45) is 0 Å². The van der Waals surface area contributed by atoms with Crippen molar-refractivity contribution in [1.29, 1.82) is 0 Å². The third kappa shape index (κ3) is 1.71. The molecule has 1 aromatic rings. The van der Waals surface area contributed by atoms with E-state index in [4.69, 9.17) is 12.2 Å². The molecule has 0 amide bonds. The van der Waals surface area contributed by atoms with Crippen LogP contribution in [0.15, 0.2) is 6.07 Å². The van der Waals surface area contributed by atoms with E-state index in [1.807, 2.05) is 17.7 Å². The number of aromatic nitrogens is 2. The third-order valence-electron chi connectivity index (χ3n) is 1.52. The lowest BCUT2D eigenvalue weighted by Crippen LogP contribution is -2.23. The summed E-state index contributed by atoms with van der Waals surface area (Å²) in [6, 6.07) is 1.97. The van der Waals surface area contributed by atoms with Crippen LogP contribution in [0.4, 0.5) is 0 Å². The van der Waals surface area contributed by atoms with Gasteiger partial charge >= 0.3 is 0 Å². The van der Waals surface area contributed by atoms with Crippen LogP contribution < -0.4 is 0 Å². The summed E-state index contributed by atoms with van der Waals surface area (Å²) in [6.07, 6.45) is 0. The fourth-order valence-electron chi connectivity index (χ4n) is 1.01. The maximum atomic E-state index is 5.15. The number of hydrogen-bond donors (Lipinski definition) is 1. The maximum Gasteiger partial charge on any atom is 0.122 e. The van der Waals surface area contributed by atoms with Gasteiger partial charge < -0.3 is 5.10 Å². The summed E-state index contributed by atoms with van der Waals surface area (Å²) in [5, 5.41) is 3.20. The average molecular weight is 170 g/mol. The zero-order valence-corrected chi connectivity index (χ0v) is 8.25. The number of nitrogens with zero attached hydrogens (tertiary/aromatic N) is 1. The van der Waals surface area contributed by atoms with Crippen molar-refractivity contribution in [3.05, 3.63) is 16.4 Å². The molecule has 1 aromatic heterocycles. The molecular formula is C8H14N2S. The van der Waals surface area contributed by atoms with Crippen molar-refractivity contribution in [3.8, 4) is 0 Å². The summed E-state index contributed by atoms with van der Waals surface area (Å²) >= 11 is 5.15. The van der Waals surface area contributed by atoms with Crippen LogP contribution in [0.3, 0.4) is 0 Å². The standard InChI is InChI=1S/C8H14N2S/c1-6-5-7(11)10(9-6)8(2,3)4/h5,9H,1-4H3. The van der Waals surface area contributed by atoms with E-state index >= 15 is 0 Å². The minimum absolute atomic E-state index is 0.0609. The minimum Gasteiger partial charge on any atom is -0.301 e. The second kappa shape index (κ2) is 2.48. The number of aromatic amines is 1. The van der Waals surface area contributed by atoms with Crippen molar-refractivity contribution in [3.63, 3.8) is 0 Å². The van der Waals surface area contributed by atoms with E-state index in [-0.39, 0.29) is 5.54 Å². The van der Waals surface area contributed by atoms with Gasteiger partial charge in [-0.2, -0.15) is 0 Å². The number of rotatable bonds is 0. The molecule has 0 radical (unpaired) electrons. The summed E-state index contributed by atoms with van der Waals surface area (Å²) in [4.78, 5) is 0. The molecule has 0 unspecified atom stereocenters. The fourth-order valence-corrected chi connectivity index (χ4v) is 1.51. The van der Waals surface area contributed by atoms with Crippen LogP contribution in [0.1, 0.15) is 26.5 Å². The highest BCUT2D eigenvalue weighted by Gasteiger charge is 2.13. The average Bonchev–Trinajstić information content (AvgIpc) is 2.08. The third-order valence-corrected chi connectivity index (χ3v) is 1.82. The fraction of sp³-hybridized carbons (Fsp3) is 0.625. The van der Waals surface area contributed by atoms with Crippen molar-refractivity contribution in [2.75, 3.05) is 0 Å². The molecule has 0 aliphatic heterocycles. The first-order valence-corrected chi connectivity index (χ1v) is 4.11. The first-order valence-electron chi connectivity index (χ1n) is 3.70. The van der Waals surface area contributed by atoms with E-state index in [1.54, 1.807) is 0 Å². The van der Waals surface area contributed by atoms with Gasteiger partial charge in [0.15, 0.2) is 0 Å². The number of aryl methyl sites for hydroxylation is 1.